The number of anilines is 2. The minimum Gasteiger partial charge on any atom is -0.363 e. The molecule has 0 aromatic carbocycles. The van der Waals surface area contributed by atoms with Crippen LogP contribution in [0.2, 0.25) is 5.15 Å². The van der Waals surface area contributed by atoms with Gasteiger partial charge in [-0.3, -0.25) is 9.69 Å². The fourth-order valence-electron chi connectivity index (χ4n) is 3.28. The van der Waals surface area contributed by atoms with E-state index in [0.717, 1.165) is 38.5 Å². The molecule has 150 valence electrons. The fraction of sp³-hybridized carbons (Fsp3) is 0.450. The smallest absolute Gasteiger partial charge is 0.251 e. The van der Waals surface area contributed by atoms with Crippen molar-refractivity contribution in [2.45, 2.75) is 13.0 Å². The number of aromatic nitrogens is 2. The number of pyridine rings is 2. The standard InChI is InChI=1S/C20H27ClN6O/c1-15(23-20(28)16-12-17(21)24-19(13-16)25(2)3)14-26-8-10-27(11-9-26)18-6-4-5-7-22-18/h4-7,12-13,15H,8-11,14H2,1-3H3,(H,23,28). The van der Waals surface area contributed by atoms with E-state index < -0.39 is 0 Å². The Hall–Kier alpha value is -2.38. The summed E-state index contributed by atoms with van der Waals surface area (Å²) >= 11 is 6.06. The molecule has 1 aliphatic heterocycles. The molecule has 1 N–H and O–H groups in total. The second-order valence-electron chi connectivity index (χ2n) is 7.28. The van der Waals surface area contributed by atoms with Gasteiger partial charge in [0, 0.05) is 64.6 Å². The van der Waals surface area contributed by atoms with Crippen molar-refractivity contribution in [1.29, 1.82) is 0 Å². The first kappa shape index (κ1) is 20.4. The van der Waals surface area contributed by atoms with Crippen LogP contribution in [0.5, 0.6) is 0 Å². The van der Waals surface area contributed by atoms with Gasteiger partial charge in [0.1, 0.15) is 16.8 Å². The lowest BCUT2D eigenvalue weighted by Gasteiger charge is -2.36. The summed E-state index contributed by atoms with van der Waals surface area (Å²) in [6, 6.07) is 9.37. The van der Waals surface area contributed by atoms with Crippen LogP contribution in [0.3, 0.4) is 0 Å². The molecule has 3 rings (SSSR count). The average Bonchev–Trinajstić information content (AvgIpc) is 2.68. The second kappa shape index (κ2) is 9.21. The van der Waals surface area contributed by atoms with Crippen molar-refractivity contribution in [3.8, 4) is 0 Å². The number of nitrogens with one attached hydrogen (secondary N) is 1. The molecule has 28 heavy (non-hydrogen) atoms. The monoisotopic (exact) mass is 402 g/mol. The molecule has 0 aliphatic carbocycles. The van der Waals surface area contributed by atoms with Gasteiger partial charge < -0.3 is 15.1 Å². The number of hydrogen-bond donors (Lipinski definition) is 1. The molecule has 1 amide bonds. The molecular formula is C20H27ClN6O. The van der Waals surface area contributed by atoms with E-state index in [2.05, 4.69) is 25.1 Å². The number of rotatable bonds is 6. The zero-order valence-electron chi connectivity index (χ0n) is 16.6. The zero-order valence-corrected chi connectivity index (χ0v) is 17.4. The Morgan fingerprint density at radius 1 is 1.25 bits per heavy atom. The van der Waals surface area contributed by atoms with E-state index in [9.17, 15) is 4.79 Å². The van der Waals surface area contributed by atoms with Crippen molar-refractivity contribution in [2.24, 2.45) is 0 Å². The van der Waals surface area contributed by atoms with Crippen molar-refractivity contribution in [2.75, 3.05) is 56.6 Å². The van der Waals surface area contributed by atoms with Gasteiger partial charge in [0.2, 0.25) is 0 Å². The van der Waals surface area contributed by atoms with Crippen molar-refractivity contribution in [1.82, 2.24) is 20.2 Å². The topological polar surface area (TPSA) is 64.6 Å². The summed E-state index contributed by atoms with van der Waals surface area (Å²) in [4.78, 5) is 27.7. The van der Waals surface area contributed by atoms with Gasteiger partial charge in [-0.15, -0.1) is 0 Å². The first-order valence-corrected chi connectivity index (χ1v) is 9.84. The summed E-state index contributed by atoms with van der Waals surface area (Å²) < 4.78 is 0. The van der Waals surface area contributed by atoms with Crippen LogP contribution in [-0.4, -0.2) is 73.6 Å². The highest BCUT2D eigenvalue weighted by Gasteiger charge is 2.20. The molecule has 1 atom stereocenters. The molecule has 1 unspecified atom stereocenters. The summed E-state index contributed by atoms with van der Waals surface area (Å²) in [5.41, 5.74) is 0.524. The van der Waals surface area contributed by atoms with E-state index in [1.54, 1.807) is 12.1 Å². The molecule has 1 aliphatic rings. The maximum absolute atomic E-state index is 12.6. The van der Waals surface area contributed by atoms with Crippen LogP contribution in [0, 0.1) is 0 Å². The highest BCUT2D eigenvalue weighted by Crippen LogP contribution is 2.17. The number of amides is 1. The van der Waals surface area contributed by atoms with Crippen molar-refractivity contribution in [3.05, 3.63) is 47.2 Å². The van der Waals surface area contributed by atoms with Crippen molar-refractivity contribution >= 4 is 29.1 Å². The highest BCUT2D eigenvalue weighted by molar-refractivity contribution is 6.29. The van der Waals surface area contributed by atoms with Crippen LogP contribution in [0.25, 0.3) is 0 Å². The van der Waals surface area contributed by atoms with Crippen molar-refractivity contribution < 1.29 is 4.79 Å². The number of piperazine rings is 1. The van der Waals surface area contributed by atoms with Gasteiger partial charge >= 0.3 is 0 Å². The van der Waals surface area contributed by atoms with Crippen LogP contribution >= 0.6 is 11.6 Å². The molecule has 1 fully saturated rings. The number of carbonyl (C=O) groups excluding carboxylic acids is 1. The summed E-state index contributed by atoms with van der Waals surface area (Å²) in [6.07, 6.45) is 1.83. The SMILES string of the molecule is CC(CN1CCN(c2ccccn2)CC1)NC(=O)c1cc(Cl)nc(N(C)C)c1. The lowest BCUT2D eigenvalue weighted by Crippen LogP contribution is -2.51. The molecule has 8 heteroatoms. The quantitative estimate of drug-likeness (QED) is 0.747. The Labute approximate surface area is 171 Å². The number of carbonyl (C=O) groups is 1. The normalized spacial score (nSPS) is 15.9. The Morgan fingerprint density at radius 2 is 2.00 bits per heavy atom. The Bertz CT molecular complexity index is 793. The Morgan fingerprint density at radius 3 is 2.64 bits per heavy atom. The van der Waals surface area contributed by atoms with E-state index in [-0.39, 0.29) is 11.9 Å². The van der Waals surface area contributed by atoms with Gasteiger partial charge in [-0.1, -0.05) is 17.7 Å². The van der Waals surface area contributed by atoms with E-state index in [0.29, 0.717) is 16.5 Å². The van der Waals surface area contributed by atoms with Crippen molar-refractivity contribution in [3.63, 3.8) is 0 Å². The minimum absolute atomic E-state index is 0.0312. The molecule has 0 saturated carbocycles. The first-order valence-electron chi connectivity index (χ1n) is 9.46. The van der Waals surface area contributed by atoms with Crippen LogP contribution in [-0.2, 0) is 0 Å². The van der Waals surface area contributed by atoms with E-state index in [1.165, 1.54) is 0 Å². The molecule has 2 aromatic heterocycles. The molecule has 0 radical (unpaired) electrons. The lowest BCUT2D eigenvalue weighted by atomic mass is 10.2. The molecular weight excluding hydrogens is 376 g/mol. The summed E-state index contributed by atoms with van der Waals surface area (Å²) in [6.45, 7) is 6.60. The molecule has 0 spiro atoms. The van der Waals surface area contributed by atoms with Crippen LogP contribution < -0.4 is 15.1 Å². The molecule has 2 aromatic rings. The summed E-state index contributed by atoms with van der Waals surface area (Å²) in [5, 5.41) is 3.38. The van der Waals surface area contributed by atoms with Crippen LogP contribution in [0.1, 0.15) is 17.3 Å². The predicted molar refractivity (Wildman–Crippen MR) is 113 cm³/mol. The van der Waals surface area contributed by atoms with Gasteiger partial charge in [0.05, 0.1) is 0 Å². The molecule has 1 saturated heterocycles. The van der Waals surface area contributed by atoms with Crippen LogP contribution in [0.15, 0.2) is 36.5 Å². The average molecular weight is 403 g/mol. The second-order valence-corrected chi connectivity index (χ2v) is 7.67. The van der Waals surface area contributed by atoms with Gasteiger partial charge in [-0.25, -0.2) is 9.97 Å². The zero-order chi connectivity index (χ0) is 20.1. The maximum atomic E-state index is 12.6. The minimum atomic E-state index is -0.132. The fourth-order valence-corrected chi connectivity index (χ4v) is 3.49. The lowest BCUT2D eigenvalue weighted by molar-refractivity contribution is 0.0928. The largest absolute Gasteiger partial charge is 0.363 e. The molecule has 7 nitrogen and oxygen atoms in total. The van der Waals surface area contributed by atoms with Gasteiger partial charge in [0.25, 0.3) is 5.91 Å². The highest BCUT2D eigenvalue weighted by atomic mass is 35.5. The number of nitrogens with zero attached hydrogens (tertiary/aromatic N) is 5. The third kappa shape index (κ3) is 5.33. The first-order chi connectivity index (χ1) is 13.4. The third-order valence-electron chi connectivity index (χ3n) is 4.76. The van der Waals surface area contributed by atoms with E-state index in [1.807, 2.05) is 50.3 Å². The van der Waals surface area contributed by atoms with Crippen LogP contribution in [0.4, 0.5) is 11.6 Å². The van der Waals surface area contributed by atoms with E-state index >= 15 is 0 Å². The van der Waals surface area contributed by atoms with Gasteiger partial charge in [0.15, 0.2) is 0 Å². The Balaban J connectivity index is 1.51. The Kier molecular flexibility index (Phi) is 6.70. The maximum Gasteiger partial charge on any atom is 0.251 e. The summed E-state index contributed by atoms with van der Waals surface area (Å²) in [7, 11) is 3.74. The summed E-state index contributed by atoms with van der Waals surface area (Å²) in [5.74, 6) is 1.55. The van der Waals surface area contributed by atoms with Gasteiger partial charge in [-0.05, 0) is 31.2 Å². The van der Waals surface area contributed by atoms with E-state index in [4.69, 9.17) is 11.6 Å². The number of halogens is 1. The predicted octanol–water partition coefficient (Wildman–Crippen LogP) is 2.14. The number of hydrogen-bond acceptors (Lipinski definition) is 6. The van der Waals surface area contributed by atoms with Gasteiger partial charge in [-0.2, -0.15) is 0 Å². The molecule has 0 bridgehead atoms. The molecule has 3 heterocycles. The third-order valence-corrected chi connectivity index (χ3v) is 4.95.